The van der Waals surface area contributed by atoms with Gasteiger partial charge in [-0.05, 0) is 30.5 Å². The molecule has 0 bridgehead atoms. The lowest BCUT2D eigenvalue weighted by atomic mass is 10.2. The first kappa shape index (κ1) is 10.6. The van der Waals surface area contributed by atoms with E-state index in [2.05, 4.69) is 21.7 Å². The molecular formula is C13H18N4. The average molecular weight is 230 g/mol. The molecule has 4 nitrogen and oxygen atoms in total. The molecule has 0 spiro atoms. The van der Waals surface area contributed by atoms with Crippen LogP contribution in [0.3, 0.4) is 0 Å². The SMILES string of the molecule is NCc1ccc2c(c1)nc(N)n2C1CCCC1. The normalized spacial score (nSPS) is 17.0. The van der Waals surface area contributed by atoms with Crippen molar-refractivity contribution in [2.45, 2.75) is 38.3 Å². The predicted molar refractivity (Wildman–Crippen MR) is 69.5 cm³/mol. The molecule has 3 rings (SSSR count). The van der Waals surface area contributed by atoms with Crippen LogP contribution in [-0.4, -0.2) is 9.55 Å². The fraction of sp³-hybridized carbons (Fsp3) is 0.462. The van der Waals surface area contributed by atoms with Crippen LogP contribution in [0.25, 0.3) is 11.0 Å². The minimum Gasteiger partial charge on any atom is -0.369 e. The van der Waals surface area contributed by atoms with Crippen molar-refractivity contribution in [1.29, 1.82) is 0 Å². The monoisotopic (exact) mass is 230 g/mol. The quantitative estimate of drug-likeness (QED) is 0.830. The van der Waals surface area contributed by atoms with Crippen LogP contribution in [0.1, 0.15) is 37.3 Å². The molecule has 1 aromatic carbocycles. The lowest BCUT2D eigenvalue weighted by molar-refractivity contribution is 0.539. The van der Waals surface area contributed by atoms with E-state index in [1.165, 1.54) is 25.7 Å². The topological polar surface area (TPSA) is 69.9 Å². The first-order valence-electron chi connectivity index (χ1n) is 6.26. The number of hydrogen-bond acceptors (Lipinski definition) is 3. The van der Waals surface area contributed by atoms with Gasteiger partial charge in [-0.3, -0.25) is 0 Å². The Kier molecular flexibility index (Phi) is 2.52. The van der Waals surface area contributed by atoms with Gasteiger partial charge in [0.05, 0.1) is 11.0 Å². The molecule has 0 saturated heterocycles. The highest BCUT2D eigenvalue weighted by Gasteiger charge is 2.21. The van der Waals surface area contributed by atoms with Crippen molar-refractivity contribution in [3.8, 4) is 0 Å². The number of nitrogens with two attached hydrogens (primary N) is 2. The number of rotatable bonds is 2. The van der Waals surface area contributed by atoms with Crippen molar-refractivity contribution >= 4 is 17.0 Å². The molecule has 1 saturated carbocycles. The third kappa shape index (κ3) is 1.69. The van der Waals surface area contributed by atoms with E-state index in [-0.39, 0.29) is 0 Å². The molecule has 4 heteroatoms. The summed E-state index contributed by atoms with van der Waals surface area (Å²) in [5.74, 6) is 0.640. The molecule has 1 heterocycles. The summed E-state index contributed by atoms with van der Waals surface area (Å²) in [4.78, 5) is 4.45. The van der Waals surface area contributed by atoms with Crippen molar-refractivity contribution < 1.29 is 0 Å². The Labute approximate surface area is 101 Å². The number of fused-ring (bicyclic) bond motifs is 1. The van der Waals surface area contributed by atoms with Gasteiger partial charge in [0.25, 0.3) is 0 Å². The fourth-order valence-electron chi connectivity index (χ4n) is 2.84. The van der Waals surface area contributed by atoms with Gasteiger partial charge in [0.2, 0.25) is 5.95 Å². The van der Waals surface area contributed by atoms with E-state index < -0.39 is 0 Å². The van der Waals surface area contributed by atoms with Gasteiger partial charge in [0, 0.05) is 12.6 Å². The summed E-state index contributed by atoms with van der Waals surface area (Å²) in [6, 6.07) is 6.73. The van der Waals surface area contributed by atoms with Gasteiger partial charge in [-0.2, -0.15) is 0 Å². The number of anilines is 1. The van der Waals surface area contributed by atoms with Crippen molar-refractivity contribution in [1.82, 2.24) is 9.55 Å². The minimum atomic E-state index is 0.531. The van der Waals surface area contributed by atoms with E-state index in [4.69, 9.17) is 11.5 Å². The molecule has 90 valence electrons. The highest BCUT2D eigenvalue weighted by atomic mass is 15.2. The third-order valence-electron chi connectivity index (χ3n) is 3.71. The molecule has 0 amide bonds. The average Bonchev–Trinajstić information content (AvgIpc) is 2.93. The van der Waals surface area contributed by atoms with E-state index >= 15 is 0 Å². The van der Waals surface area contributed by atoms with E-state index in [1.807, 2.05) is 6.07 Å². The lowest BCUT2D eigenvalue weighted by Crippen LogP contribution is -2.08. The molecule has 1 aromatic heterocycles. The Balaban J connectivity index is 2.13. The summed E-state index contributed by atoms with van der Waals surface area (Å²) in [6.45, 7) is 0.548. The highest BCUT2D eigenvalue weighted by Crippen LogP contribution is 2.34. The van der Waals surface area contributed by atoms with Crippen molar-refractivity contribution in [2.24, 2.45) is 5.73 Å². The Morgan fingerprint density at radius 3 is 2.76 bits per heavy atom. The first-order chi connectivity index (χ1) is 8.29. The number of hydrogen-bond donors (Lipinski definition) is 2. The second-order valence-electron chi connectivity index (χ2n) is 4.81. The number of aromatic nitrogens is 2. The maximum Gasteiger partial charge on any atom is 0.201 e. The van der Waals surface area contributed by atoms with Gasteiger partial charge >= 0.3 is 0 Å². The van der Waals surface area contributed by atoms with Gasteiger partial charge < -0.3 is 16.0 Å². The molecule has 1 aliphatic rings. The molecule has 0 radical (unpaired) electrons. The number of benzene rings is 1. The van der Waals surface area contributed by atoms with Gasteiger partial charge in [0.15, 0.2) is 0 Å². The Hall–Kier alpha value is -1.55. The van der Waals surface area contributed by atoms with Gasteiger partial charge in [-0.25, -0.2) is 4.98 Å². The molecule has 0 unspecified atom stereocenters. The van der Waals surface area contributed by atoms with Crippen molar-refractivity contribution in [3.05, 3.63) is 23.8 Å². The van der Waals surface area contributed by atoms with Crippen LogP contribution in [0.4, 0.5) is 5.95 Å². The maximum atomic E-state index is 6.05. The smallest absolute Gasteiger partial charge is 0.201 e. The summed E-state index contributed by atoms with van der Waals surface area (Å²) in [5, 5.41) is 0. The number of nitrogens with zero attached hydrogens (tertiary/aromatic N) is 2. The van der Waals surface area contributed by atoms with E-state index in [0.29, 0.717) is 18.5 Å². The summed E-state index contributed by atoms with van der Waals surface area (Å²) in [5.41, 5.74) is 14.9. The largest absolute Gasteiger partial charge is 0.369 e. The van der Waals surface area contributed by atoms with E-state index in [1.54, 1.807) is 0 Å². The minimum absolute atomic E-state index is 0.531. The second-order valence-corrected chi connectivity index (χ2v) is 4.81. The molecule has 1 aliphatic carbocycles. The fourth-order valence-corrected chi connectivity index (χ4v) is 2.84. The van der Waals surface area contributed by atoms with Crippen LogP contribution < -0.4 is 11.5 Å². The summed E-state index contributed by atoms with van der Waals surface area (Å²) in [6.07, 6.45) is 5.03. The van der Waals surface area contributed by atoms with Crippen LogP contribution in [-0.2, 0) is 6.54 Å². The summed E-state index contributed by atoms with van der Waals surface area (Å²) < 4.78 is 2.20. The Morgan fingerprint density at radius 1 is 1.29 bits per heavy atom. The zero-order valence-corrected chi connectivity index (χ0v) is 9.89. The number of imidazole rings is 1. The van der Waals surface area contributed by atoms with E-state index in [0.717, 1.165) is 16.6 Å². The van der Waals surface area contributed by atoms with Gasteiger partial charge in [0.1, 0.15) is 0 Å². The first-order valence-corrected chi connectivity index (χ1v) is 6.26. The Bertz CT molecular complexity index is 538. The molecular weight excluding hydrogens is 212 g/mol. The Morgan fingerprint density at radius 2 is 2.06 bits per heavy atom. The molecule has 17 heavy (non-hydrogen) atoms. The van der Waals surface area contributed by atoms with Crippen LogP contribution in [0.15, 0.2) is 18.2 Å². The van der Waals surface area contributed by atoms with Crippen LogP contribution in [0, 0.1) is 0 Å². The lowest BCUT2D eigenvalue weighted by Gasteiger charge is -2.14. The molecule has 0 aliphatic heterocycles. The van der Waals surface area contributed by atoms with Crippen LogP contribution in [0.2, 0.25) is 0 Å². The van der Waals surface area contributed by atoms with E-state index in [9.17, 15) is 0 Å². The zero-order valence-electron chi connectivity index (χ0n) is 9.89. The molecule has 0 atom stereocenters. The molecule has 4 N–H and O–H groups in total. The maximum absolute atomic E-state index is 6.05. The van der Waals surface area contributed by atoms with Crippen LogP contribution >= 0.6 is 0 Å². The molecule has 2 aromatic rings. The summed E-state index contributed by atoms with van der Waals surface area (Å²) >= 11 is 0. The third-order valence-corrected chi connectivity index (χ3v) is 3.71. The van der Waals surface area contributed by atoms with Crippen molar-refractivity contribution in [2.75, 3.05) is 5.73 Å². The van der Waals surface area contributed by atoms with Crippen LogP contribution in [0.5, 0.6) is 0 Å². The zero-order chi connectivity index (χ0) is 11.8. The van der Waals surface area contributed by atoms with Gasteiger partial charge in [-0.1, -0.05) is 18.9 Å². The molecule has 1 fully saturated rings. The second kappa shape index (κ2) is 4.04. The highest BCUT2D eigenvalue weighted by molar-refractivity contribution is 5.79. The summed E-state index contributed by atoms with van der Waals surface area (Å²) in [7, 11) is 0. The number of nitrogen functional groups attached to an aromatic ring is 1. The predicted octanol–water partition coefficient (Wildman–Crippen LogP) is 2.19. The van der Waals surface area contributed by atoms with Gasteiger partial charge in [-0.15, -0.1) is 0 Å². The standard InChI is InChI=1S/C13H18N4/c14-8-9-5-6-12-11(7-9)16-13(15)17(12)10-3-1-2-4-10/h5-7,10H,1-4,8,14H2,(H2,15,16). The van der Waals surface area contributed by atoms with Crippen molar-refractivity contribution in [3.63, 3.8) is 0 Å².